The highest BCUT2D eigenvalue weighted by molar-refractivity contribution is 7.14. The van der Waals surface area contributed by atoms with Crippen molar-refractivity contribution in [3.63, 3.8) is 0 Å². The van der Waals surface area contributed by atoms with E-state index in [0.717, 1.165) is 0 Å². The third kappa shape index (κ3) is 1.68. The van der Waals surface area contributed by atoms with Crippen molar-refractivity contribution in [2.24, 2.45) is 0 Å². The molecule has 0 atom stereocenters. The first-order chi connectivity index (χ1) is 4.20. The van der Waals surface area contributed by atoms with Crippen LogP contribution in [-0.2, 0) is 0 Å². The lowest BCUT2D eigenvalue weighted by atomic mass is 10.4. The monoisotopic (exact) mass is 180 g/mol. The summed E-state index contributed by atoms with van der Waals surface area (Å²) in [5.41, 5.74) is 0.465. The van der Waals surface area contributed by atoms with Crippen molar-refractivity contribution in [1.29, 1.82) is 0 Å². The minimum absolute atomic E-state index is 0.460. The van der Waals surface area contributed by atoms with Crippen LogP contribution in [0, 0.1) is 0 Å². The van der Waals surface area contributed by atoms with E-state index < -0.39 is 5.24 Å². The Balaban J connectivity index is 2.98. The molecule has 48 valence electrons. The van der Waals surface area contributed by atoms with Gasteiger partial charge in [0.05, 0.1) is 4.34 Å². The van der Waals surface area contributed by atoms with Crippen molar-refractivity contribution in [2.75, 3.05) is 0 Å². The maximum Gasteiger partial charge on any atom is 0.253 e. The van der Waals surface area contributed by atoms with E-state index in [9.17, 15) is 4.79 Å². The summed E-state index contributed by atoms with van der Waals surface area (Å²) < 4.78 is 0.582. The molecule has 0 amide bonds. The van der Waals surface area contributed by atoms with Gasteiger partial charge >= 0.3 is 0 Å². The van der Waals surface area contributed by atoms with Gasteiger partial charge in [0.15, 0.2) is 0 Å². The van der Waals surface area contributed by atoms with Gasteiger partial charge in [-0.3, -0.25) is 4.79 Å². The second-order valence-electron chi connectivity index (χ2n) is 1.41. The molecule has 1 aromatic rings. The van der Waals surface area contributed by atoms with Crippen LogP contribution in [0.3, 0.4) is 0 Å². The molecular weight excluding hydrogens is 179 g/mol. The van der Waals surface area contributed by atoms with Gasteiger partial charge in [-0.05, 0) is 17.7 Å². The molecule has 1 aromatic heterocycles. The first kappa shape index (κ1) is 7.06. The number of halogens is 2. The molecule has 0 aliphatic heterocycles. The minimum atomic E-state index is -0.460. The van der Waals surface area contributed by atoms with Crippen LogP contribution >= 0.6 is 34.5 Å². The molecule has 0 unspecified atom stereocenters. The molecular formula is C5H2Cl2OS. The Morgan fingerprint density at radius 1 is 1.67 bits per heavy atom. The van der Waals surface area contributed by atoms with Gasteiger partial charge < -0.3 is 0 Å². The average Bonchev–Trinajstić information content (AvgIpc) is 2.14. The van der Waals surface area contributed by atoms with E-state index in [1.807, 2.05) is 0 Å². The number of hydrogen-bond donors (Lipinski definition) is 0. The molecule has 0 fully saturated rings. The summed E-state index contributed by atoms with van der Waals surface area (Å²) in [4.78, 5) is 10.4. The molecule has 4 heteroatoms. The van der Waals surface area contributed by atoms with Gasteiger partial charge in [-0.1, -0.05) is 11.6 Å². The van der Waals surface area contributed by atoms with E-state index >= 15 is 0 Å². The molecule has 1 nitrogen and oxygen atoms in total. The zero-order valence-corrected chi connectivity index (χ0v) is 6.56. The summed E-state index contributed by atoms with van der Waals surface area (Å²) in [5, 5.41) is 1.16. The molecule has 0 spiro atoms. The molecule has 1 rings (SSSR count). The molecule has 0 aliphatic rings. The number of rotatable bonds is 1. The van der Waals surface area contributed by atoms with Crippen molar-refractivity contribution >= 4 is 39.8 Å². The van der Waals surface area contributed by atoms with Crippen LogP contribution in [0.2, 0.25) is 4.34 Å². The topological polar surface area (TPSA) is 17.1 Å². The number of hydrogen-bond acceptors (Lipinski definition) is 2. The highest BCUT2D eigenvalue weighted by Gasteiger charge is 2.02. The SMILES string of the molecule is O=C(Cl)c1csc(Cl)c1. The van der Waals surface area contributed by atoms with Gasteiger partial charge in [0.1, 0.15) is 0 Å². The Bertz CT molecular complexity index is 231. The van der Waals surface area contributed by atoms with Gasteiger partial charge in [0.25, 0.3) is 5.24 Å². The van der Waals surface area contributed by atoms with Crippen LogP contribution in [0.25, 0.3) is 0 Å². The molecule has 1 heterocycles. The van der Waals surface area contributed by atoms with E-state index in [4.69, 9.17) is 23.2 Å². The van der Waals surface area contributed by atoms with Crippen molar-refractivity contribution in [3.05, 3.63) is 21.3 Å². The maximum absolute atomic E-state index is 10.4. The standard InChI is InChI=1S/C5H2Cl2OS/c6-4-1-3(2-9-4)5(7)8/h1-2H. The predicted molar refractivity (Wildman–Crippen MR) is 39.5 cm³/mol. The Morgan fingerprint density at radius 2 is 2.33 bits per heavy atom. The fourth-order valence-electron chi connectivity index (χ4n) is 0.413. The molecule has 0 bridgehead atoms. The second kappa shape index (κ2) is 2.69. The van der Waals surface area contributed by atoms with Crippen LogP contribution in [0.5, 0.6) is 0 Å². The van der Waals surface area contributed by atoms with Crippen LogP contribution in [0.15, 0.2) is 11.4 Å². The van der Waals surface area contributed by atoms with E-state index in [-0.39, 0.29) is 0 Å². The fraction of sp³-hybridized carbons (Fsp3) is 0. The summed E-state index contributed by atoms with van der Waals surface area (Å²) in [6, 6.07) is 1.54. The fourth-order valence-corrected chi connectivity index (χ4v) is 1.45. The zero-order chi connectivity index (χ0) is 6.85. The first-order valence-corrected chi connectivity index (χ1v) is 3.77. The van der Waals surface area contributed by atoms with Crippen LogP contribution in [0.1, 0.15) is 10.4 Å². The van der Waals surface area contributed by atoms with Gasteiger partial charge in [-0.25, -0.2) is 0 Å². The van der Waals surface area contributed by atoms with Crippen molar-refractivity contribution in [1.82, 2.24) is 0 Å². The van der Waals surface area contributed by atoms with Crippen LogP contribution in [-0.4, -0.2) is 5.24 Å². The summed E-state index contributed by atoms with van der Waals surface area (Å²) >= 11 is 11.9. The van der Waals surface area contributed by atoms with Crippen LogP contribution in [0.4, 0.5) is 0 Å². The molecule has 0 saturated carbocycles. The Hall–Kier alpha value is -0.0500. The van der Waals surface area contributed by atoms with E-state index in [1.165, 1.54) is 11.3 Å². The smallest absolute Gasteiger partial charge is 0.253 e. The summed E-state index contributed by atoms with van der Waals surface area (Å²) in [6.45, 7) is 0. The highest BCUT2D eigenvalue weighted by atomic mass is 35.5. The van der Waals surface area contributed by atoms with E-state index in [0.29, 0.717) is 9.90 Å². The third-order valence-electron chi connectivity index (χ3n) is 0.794. The zero-order valence-electron chi connectivity index (χ0n) is 4.23. The van der Waals surface area contributed by atoms with Gasteiger partial charge in [-0.15, -0.1) is 11.3 Å². The average molecular weight is 181 g/mol. The first-order valence-electron chi connectivity index (χ1n) is 2.14. The number of carbonyl (C=O) groups is 1. The van der Waals surface area contributed by atoms with Gasteiger partial charge in [0.2, 0.25) is 0 Å². The lowest BCUT2D eigenvalue weighted by molar-refractivity contribution is 0.108. The molecule has 0 radical (unpaired) electrons. The maximum atomic E-state index is 10.4. The molecule has 0 aliphatic carbocycles. The normalized spacial score (nSPS) is 9.56. The summed E-state index contributed by atoms with van der Waals surface area (Å²) in [5.74, 6) is 0. The largest absolute Gasteiger partial charge is 0.276 e. The molecule has 9 heavy (non-hydrogen) atoms. The minimum Gasteiger partial charge on any atom is -0.276 e. The van der Waals surface area contributed by atoms with Crippen molar-refractivity contribution < 1.29 is 4.79 Å². The van der Waals surface area contributed by atoms with E-state index in [2.05, 4.69) is 0 Å². The second-order valence-corrected chi connectivity index (χ2v) is 3.30. The number of thiophene rings is 1. The van der Waals surface area contributed by atoms with Gasteiger partial charge in [0, 0.05) is 10.9 Å². The predicted octanol–water partition coefficient (Wildman–Crippen LogP) is 2.78. The quantitative estimate of drug-likeness (QED) is 0.608. The lowest BCUT2D eigenvalue weighted by Gasteiger charge is -1.77. The van der Waals surface area contributed by atoms with Crippen LogP contribution < -0.4 is 0 Å². The Kier molecular flexibility index (Phi) is 2.11. The summed E-state index contributed by atoms with van der Waals surface area (Å²) in [7, 11) is 0. The number of carbonyl (C=O) groups excluding carboxylic acids is 1. The van der Waals surface area contributed by atoms with E-state index in [1.54, 1.807) is 11.4 Å². The molecule has 0 aromatic carbocycles. The summed E-state index contributed by atoms with van der Waals surface area (Å²) in [6.07, 6.45) is 0. The Morgan fingerprint density at radius 3 is 2.56 bits per heavy atom. The van der Waals surface area contributed by atoms with Crippen molar-refractivity contribution in [2.45, 2.75) is 0 Å². The molecule has 0 saturated heterocycles. The van der Waals surface area contributed by atoms with Gasteiger partial charge in [-0.2, -0.15) is 0 Å². The third-order valence-corrected chi connectivity index (χ3v) is 2.10. The van der Waals surface area contributed by atoms with Crippen molar-refractivity contribution in [3.8, 4) is 0 Å². The molecule has 0 N–H and O–H groups in total. The highest BCUT2D eigenvalue weighted by Crippen LogP contribution is 2.20. The Labute approximate surface area is 66.2 Å². The lowest BCUT2D eigenvalue weighted by Crippen LogP contribution is -1.80.